The van der Waals surface area contributed by atoms with Crippen LogP contribution in [0.15, 0.2) is 17.1 Å². The van der Waals surface area contributed by atoms with Gasteiger partial charge in [0.15, 0.2) is 0 Å². The number of morpholine rings is 1. The van der Waals surface area contributed by atoms with Crippen molar-refractivity contribution in [2.45, 2.75) is 71.1 Å². The Morgan fingerprint density at radius 1 is 1.28 bits per heavy atom. The molecule has 2 aliphatic rings. The van der Waals surface area contributed by atoms with E-state index in [0.717, 1.165) is 42.8 Å². The number of hydrogen-bond donors (Lipinski definition) is 1. The Labute approximate surface area is 188 Å². The van der Waals surface area contributed by atoms with Crippen molar-refractivity contribution in [3.8, 4) is 0 Å². The summed E-state index contributed by atoms with van der Waals surface area (Å²) in [5.41, 5.74) is 1.86. The Kier molecular flexibility index (Phi) is 6.06. The van der Waals surface area contributed by atoms with Crippen molar-refractivity contribution in [2.75, 3.05) is 32.8 Å². The highest BCUT2D eigenvalue weighted by Gasteiger charge is 2.30. The average Bonchev–Trinajstić information content (AvgIpc) is 3.08. The number of ether oxygens (including phenoxy) is 2. The number of fused-ring (bicyclic) bond motifs is 1. The zero-order valence-corrected chi connectivity index (χ0v) is 19.8. The number of piperidine rings is 1. The van der Waals surface area contributed by atoms with Gasteiger partial charge in [0.25, 0.3) is 5.56 Å². The second-order valence-electron chi connectivity index (χ2n) is 10.5. The molecule has 2 aliphatic heterocycles. The van der Waals surface area contributed by atoms with Crippen molar-refractivity contribution < 1.29 is 14.3 Å². The Bertz CT molecular complexity index is 1030. The maximum absolute atomic E-state index is 12.5. The van der Waals surface area contributed by atoms with Crippen molar-refractivity contribution in [1.82, 2.24) is 24.4 Å². The Morgan fingerprint density at radius 2 is 2.00 bits per heavy atom. The van der Waals surface area contributed by atoms with Crippen molar-refractivity contribution in [3.63, 3.8) is 0 Å². The number of rotatable bonds is 3. The standard InChI is InChI=1S/C23H35N5O4/c1-22(2,3)32-21(30)27-8-6-16(7-9-27)18-12-19(29)25-20-17(13-24-28(18)20)14-26-10-11-31-23(4,5)15-26/h12-13,16H,6-11,14-15H2,1-5H3,(H,25,29). The van der Waals surface area contributed by atoms with E-state index in [4.69, 9.17) is 9.47 Å². The van der Waals surface area contributed by atoms with Crippen LogP contribution in [0.25, 0.3) is 5.65 Å². The third kappa shape index (κ3) is 5.15. The summed E-state index contributed by atoms with van der Waals surface area (Å²) in [7, 11) is 0. The van der Waals surface area contributed by atoms with E-state index in [1.807, 2.05) is 31.5 Å². The van der Waals surface area contributed by atoms with Gasteiger partial charge in [-0.05, 0) is 47.5 Å². The maximum atomic E-state index is 12.5. The predicted molar refractivity (Wildman–Crippen MR) is 121 cm³/mol. The predicted octanol–water partition coefficient (Wildman–Crippen LogP) is 2.75. The lowest BCUT2D eigenvalue weighted by atomic mass is 9.93. The van der Waals surface area contributed by atoms with Gasteiger partial charge in [0.1, 0.15) is 11.2 Å². The number of carbonyl (C=O) groups excluding carboxylic acids is 1. The average molecular weight is 446 g/mol. The number of aromatic nitrogens is 3. The smallest absolute Gasteiger partial charge is 0.410 e. The minimum absolute atomic E-state index is 0.119. The highest BCUT2D eigenvalue weighted by Crippen LogP contribution is 2.29. The van der Waals surface area contributed by atoms with Crippen LogP contribution >= 0.6 is 0 Å². The number of likely N-dealkylation sites (tertiary alicyclic amines) is 1. The molecule has 9 heteroatoms. The minimum atomic E-state index is -0.506. The molecule has 9 nitrogen and oxygen atoms in total. The summed E-state index contributed by atoms with van der Waals surface area (Å²) in [6, 6.07) is 1.65. The van der Waals surface area contributed by atoms with Gasteiger partial charge in [-0.25, -0.2) is 9.31 Å². The number of nitrogens with zero attached hydrogens (tertiary/aromatic N) is 4. The van der Waals surface area contributed by atoms with Gasteiger partial charge in [-0.3, -0.25) is 9.69 Å². The van der Waals surface area contributed by atoms with Crippen LogP contribution in [0.4, 0.5) is 4.79 Å². The largest absolute Gasteiger partial charge is 0.444 e. The fraction of sp³-hybridized carbons (Fsp3) is 0.696. The van der Waals surface area contributed by atoms with E-state index in [9.17, 15) is 9.59 Å². The molecular weight excluding hydrogens is 410 g/mol. The summed E-state index contributed by atoms with van der Waals surface area (Å²) < 4.78 is 13.2. The molecule has 2 aromatic rings. The molecule has 0 radical (unpaired) electrons. The van der Waals surface area contributed by atoms with E-state index < -0.39 is 5.60 Å². The molecule has 0 aromatic carbocycles. The Morgan fingerprint density at radius 3 is 2.66 bits per heavy atom. The van der Waals surface area contributed by atoms with Crippen molar-refractivity contribution >= 4 is 11.7 Å². The summed E-state index contributed by atoms with van der Waals surface area (Å²) >= 11 is 0. The highest BCUT2D eigenvalue weighted by molar-refractivity contribution is 5.68. The minimum Gasteiger partial charge on any atom is -0.444 e. The van der Waals surface area contributed by atoms with Crippen LogP contribution in [0, 0.1) is 0 Å². The number of H-pyrrole nitrogens is 1. The lowest BCUT2D eigenvalue weighted by molar-refractivity contribution is -0.0882. The number of hydrogen-bond acceptors (Lipinski definition) is 6. The van der Waals surface area contributed by atoms with Crippen LogP contribution in [0.5, 0.6) is 0 Å². The number of carbonyl (C=O) groups is 1. The van der Waals surface area contributed by atoms with E-state index in [1.54, 1.807) is 11.0 Å². The first-order chi connectivity index (χ1) is 15.0. The van der Waals surface area contributed by atoms with Gasteiger partial charge in [0, 0.05) is 50.3 Å². The van der Waals surface area contributed by atoms with Gasteiger partial charge in [0.05, 0.1) is 24.1 Å². The second kappa shape index (κ2) is 8.51. The van der Waals surface area contributed by atoms with Crippen LogP contribution in [0.1, 0.15) is 64.6 Å². The SMILES string of the molecule is CC(C)(C)OC(=O)N1CCC(c2cc(=O)[nH]c3c(CN4CCOC(C)(C)C4)cnn23)CC1. The Balaban J connectivity index is 1.50. The molecule has 4 rings (SSSR count). The molecule has 0 unspecified atom stereocenters. The summed E-state index contributed by atoms with van der Waals surface area (Å²) in [6.45, 7) is 14.1. The van der Waals surface area contributed by atoms with Crippen molar-refractivity contribution in [2.24, 2.45) is 0 Å². The van der Waals surface area contributed by atoms with Crippen molar-refractivity contribution in [1.29, 1.82) is 0 Å². The van der Waals surface area contributed by atoms with E-state index in [1.165, 1.54) is 0 Å². The molecule has 0 saturated carbocycles. The van der Waals surface area contributed by atoms with Gasteiger partial charge < -0.3 is 19.4 Å². The summed E-state index contributed by atoms with van der Waals surface area (Å²) in [5.74, 6) is 0.161. The van der Waals surface area contributed by atoms with Crippen LogP contribution < -0.4 is 5.56 Å². The molecule has 2 aromatic heterocycles. The zero-order valence-electron chi connectivity index (χ0n) is 19.8. The fourth-order valence-electron chi connectivity index (χ4n) is 4.64. The van der Waals surface area contributed by atoms with Crippen LogP contribution in [-0.2, 0) is 16.0 Å². The number of amides is 1. The van der Waals surface area contributed by atoms with Crippen LogP contribution in [0.3, 0.4) is 0 Å². The van der Waals surface area contributed by atoms with E-state index >= 15 is 0 Å². The maximum Gasteiger partial charge on any atom is 0.410 e. The molecule has 0 bridgehead atoms. The van der Waals surface area contributed by atoms with Crippen LogP contribution in [0.2, 0.25) is 0 Å². The molecule has 2 fully saturated rings. The molecule has 32 heavy (non-hydrogen) atoms. The molecule has 0 spiro atoms. The topological polar surface area (TPSA) is 92.2 Å². The number of aromatic amines is 1. The van der Waals surface area contributed by atoms with Crippen molar-refractivity contribution in [3.05, 3.63) is 33.9 Å². The molecule has 0 atom stereocenters. The summed E-state index contributed by atoms with van der Waals surface area (Å²) in [5, 5.41) is 4.62. The molecule has 1 N–H and O–H groups in total. The van der Waals surface area contributed by atoms with Gasteiger partial charge in [-0.1, -0.05) is 0 Å². The first-order valence-corrected chi connectivity index (χ1v) is 11.4. The molecule has 2 saturated heterocycles. The number of nitrogens with one attached hydrogen (secondary N) is 1. The lowest BCUT2D eigenvalue weighted by Crippen LogP contribution is -2.47. The monoisotopic (exact) mass is 445 g/mol. The quantitative estimate of drug-likeness (QED) is 0.781. The van der Waals surface area contributed by atoms with Crippen LogP contribution in [-0.4, -0.2) is 74.5 Å². The van der Waals surface area contributed by atoms with Gasteiger partial charge in [0.2, 0.25) is 0 Å². The first kappa shape index (κ1) is 22.8. The summed E-state index contributed by atoms with van der Waals surface area (Å²) in [4.78, 5) is 32.0. The lowest BCUT2D eigenvalue weighted by Gasteiger charge is -2.38. The third-order valence-electron chi connectivity index (χ3n) is 6.07. The molecule has 176 valence electrons. The Hall–Kier alpha value is -2.39. The van der Waals surface area contributed by atoms with Gasteiger partial charge in [-0.15, -0.1) is 0 Å². The van der Waals surface area contributed by atoms with E-state index in [2.05, 4.69) is 28.8 Å². The highest BCUT2D eigenvalue weighted by atomic mass is 16.6. The third-order valence-corrected chi connectivity index (χ3v) is 6.07. The molecule has 0 aliphatic carbocycles. The van der Waals surface area contributed by atoms with Gasteiger partial charge in [-0.2, -0.15) is 5.10 Å². The second-order valence-corrected chi connectivity index (χ2v) is 10.5. The normalized spacial score (nSPS) is 20.6. The zero-order chi connectivity index (χ0) is 23.1. The summed E-state index contributed by atoms with van der Waals surface area (Å²) in [6.07, 6.45) is 3.12. The first-order valence-electron chi connectivity index (χ1n) is 11.4. The molecular formula is C23H35N5O4. The van der Waals surface area contributed by atoms with Gasteiger partial charge >= 0.3 is 6.09 Å². The van der Waals surface area contributed by atoms with E-state index in [-0.39, 0.29) is 23.2 Å². The fourth-order valence-corrected chi connectivity index (χ4v) is 4.64. The molecule has 1 amide bonds. The molecule has 4 heterocycles. The van der Waals surface area contributed by atoms with E-state index in [0.29, 0.717) is 26.2 Å².